The number of rotatable bonds is 2. The van der Waals surface area contributed by atoms with Crippen molar-refractivity contribution in [2.45, 2.75) is 6.92 Å². The molecule has 3 N–H and O–H groups in total. The maximum atomic E-state index is 10.4. The predicted octanol–water partition coefficient (Wildman–Crippen LogP) is -1.11. The Bertz CT molecular complexity index is 212. The second-order valence-electron chi connectivity index (χ2n) is 3.24. The molecule has 1 heterocycles. The van der Waals surface area contributed by atoms with Gasteiger partial charge in [-0.2, -0.15) is 0 Å². The first-order valence-corrected chi connectivity index (χ1v) is 4.74. The van der Waals surface area contributed by atoms with Crippen LogP contribution in [-0.2, 0) is 4.79 Å². The van der Waals surface area contributed by atoms with Crippen molar-refractivity contribution in [3.8, 4) is 0 Å². The number of nitrogens with two attached hydrogens (primary N) is 1. The lowest BCUT2D eigenvalue weighted by atomic mass is 10.3. The summed E-state index contributed by atoms with van der Waals surface area (Å²) in [6, 6.07) is 0. The summed E-state index contributed by atoms with van der Waals surface area (Å²) in [6.07, 6.45) is 0.848. The number of hydrogen-bond donors (Lipinski definition) is 2. The fourth-order valence-electron chi connectivity index (χ4n) is 1.37. The highest BCUT2D eigenvalue weighted by Gasteiger charge is 2.19. The van der Waals surface area contributed by atoms with Gasteiger partial charge in [0.2, 0.25) is 12.4 Å². The molecule has 0 spiro atoms. The minimum atomic E-state index is 0.332. The van der Waals surface area contributed by atoms with Gasteiger partial charge in [0.1, 0.15) is 0 Å². The molecule has 6 nitrogen and oxygen atoms in total. The Morgan fingerprint density at radius 3 is 2.50 bits per heavy atom. The van der Waals surface area contributed by atoms with Crippen LogP contribution in [-0.4, -0.2) is 59.9 Å². The van der Waals surface area contributed by atoms with Crippen LogP contribution in [0.3, 0.4) is 0 Å². The number of carbonyl (C=O) groups excluding carboxylic acids is 1. The molecule has 0 saturated carbocycles. The van der Waals surface area contributed by atoms with E-state index in [1.807, 2.05) is 11.8 Å². The molecule has 1 rings (SSSR count). The van der Waals surface area contributed by atoms with E-state index in [1.54, 1.807) is 4.90 Å². The maximum absolute atomic E-state index is 10.4. The van der Waals surface area contributed by atoms with Crippen LogP contribution in [0.2, 0.25) is 0 Å². The lowest BCUT2D eigenvalue weighted by Gasteiger charge is -2.36. The summed E-state index contributed by atoms with van der Waals surface area (Å²) >= 11 is 0. The van der Waals surface area contributed by atoms with Gasteiger partial charge in [-0.15, -0.1) is 0 Å². The van der Waals surface area contributed by atoms with Gasteiger partial charge in [0, 0.05) is 32.7 Å². The van der Waals surface area contributed by atoms with Gasteiger partial charge in [-0.25, -0.2) is 5.84 Å². The van der Waals surface area contributed by atoms with Gasteiger partial charge < -0.3 is 9.80 Å². The lowest BCUT2D eigenvalue weighted by Crippen LogP contribution is -2.54. The quantitative estimate of drug-likeness (QED) is 0.194. The second kappa shape index (κ2) is 4.80. The van der Waals surface area contributed by atoms with Gasteiger partial charge in [-0.1, -0.05) is 0 Å². The fourth-order valence-corrected chi connectivity index (χ4v) is 1.37. The Labute approximate surface area is 83.7 Å². The van der Waals surface area contributed by atoms with Gasteiger partial charge in [-0.3, -0.25) is 15.2 Å². The SMILES string of the molecule is CCN(N)C(=N)N1CCN(C=O)CC1. The standard InChI is InChI=1S/C8H17N5O/c1-2-13(10)8(9)12-5-3-11(7-14)4-6-12/h7,9H,2-6,10H2,1H3. The molecule has 0 aromatic carbocycles. The number of nitrogens with zero attached hydrogens (tertiary/aromatic N) is 3. The van der Waals surface area contributed by atoms with Crippen molar-refractivity contribution in [2.24, 2.45) is 5.84 Å². The fraction of sp³-hybridized carbons (Fsp3) is 0.750. The molecule has 14 heavy (non-hydrogen) atoms. The van der Waals surface area contributed by atoms with Crippen LogP contribution in [0.15, 0.2) is 0 Å². The normalized spacial score (nSPS) is 16.7. The lowest BCUT2D eigenvalue weighted by molar-refractivity contribution is -0.119. The van der Waals surface area contributed by atoms with Crippen LogP contribution in [0.4, 0.5) is 0 Å². The topological polar surface area (TPSA) is 76.7 Å². The zero-order chi connectivity index (χ0) is 10.6. The van der Waals surface area contributed by atoms with Crippen molar-refractivity contribution in [3.63, 3.8) is 0 Å². The first-order valence-electron chi connectivity index (χ1n) is 4.74. The van der Waals surface area contributed by atoms with Crippen LogP contribution in [0.1, 0.15) is 6.92 Å². The van der Waals surface area contributed by atoms with E-state index in [0.717, 1.165) is 6.41 Å². The zero-order valence-electron chi connectivity index (χ0n) is 8.44. The molecule has 80 valence electrons. The summed E-state index contributed by atoms with van der Waals surface area (Å²) < 4.78 is 0. The van der Waals surface area contributed by atoms with Gasteiger partial charge in [0.05, 0.1) is 0 Å². The van der Waals surface area contributed by atoms with Gasteiger partial charge in [0.25, 0.3) is 0 Å². The van der Waals surface area contributed by atoms with Crippen LogP contribution in [0.5, 0.6) is 0 Å². The number of amides is 1. The van der Waals surface area contributed by atoms with E-state index >= 15 is 0 Å². The van der Waals surface area contributed by atoms with Crippen LogP contribution < -0.4 is 5.84 Å². The molecule has 1 amide bonds. The smallest absolute Gasteiger partial charge is 0.209 e. The Morgan fingerprint density at radius 2 is 2.07 bits per heavy atom. The molecule has 0 aromatic heterocycles. The number of carbonyl (C=O) groups is 1. The number of hydrazine groups is 1. The average molecular weight is 199 g/mol. The van der Waals surface area contributed by atoms with E-state index in [9.17, 15) is 4.79 Å². The molecule has 0 aliphatic carbocycles. The third-order valence-electron chi connectivity index (χ3n) is 2.38. The largest absolute Gasteiger partial charge is 0.342 e. The van der Waals surface area contributed by atoms with Gasteiger partial charge in [-0.05, 0) is 6.92 Å². The number of guanidine groups is 1. The summed E-state index contributed by atoms with van der Waals surface area (Å²) in [6.45, 7) is 5.23. The van der Waals surface area contributed by atoms with Crippen LogP contribution >= 0.6 is 0 Å². The monoisotopic (exact) mass is 199 g/mol. The maximum Gasteiger partial charge on any atom is 0.209 e. The molecule has 1 saturated heterocycles. The van der Waals surface area contributed by atoms with E-state index in [0.29, 0.717) is 38.7 Å². The summed E-state index contributed by atoms with van der Waals surface area (Å²) in [5, 5.41) is 9.13. The summed E-state index contributed by atoms with van der Waals surface area (Å²) in [4.78, 5) is 14.0. The molecule has 0 aromatic rings. The molecule has 1 fully saturated rings. The van der Waals surface area contributed by atoms with Crippen molar-refractivity contribution >= 4 is 12.4 Å². The first kappa shape index (κ1) is 10.8. The number of hydrogen-bond acceptors (Lipinski definition) is 3. The number of nitrogens with one attached hydrogen (secondary N) is 1. The molecule has 0 bridgehead atoms. The first-order chi connectivity index (χ1) is 6.69. The van der Waals surface area contributed by atoms with E-state index in [1.165, 1.54) is 5.01 Å². The van der Waals surface area contributed by atoms with Crippen LogP contribution in [0, 0.1) is 5.41 Å². The Balaban J connectivity index is 2.41. The van der Waals surface area contributed by atoms with E-state index < -0.39 is 0 Å². The second-order valence-corrected chi connectivity index (χ2v) is 3.24. The van der Waals surface area contributed by atoms with Crippen molar-refractivity contribution in [1.82, 2.24) is 14.8 Å². The summed E-state index contributed by atoms with van der Waals surface area (Å²) in [5.41, 5.74) is 0. The Morgan fingerprint density at radius 1 is 1.50 bits per heavy atom. The van der Waals surface area contributed by atoms with E-state index in [4.69, 9.17) is 11.3 Å². The molecular weight excluding hydrogens is 182 g/mol. The molecule has 0 radical (unpaired) electrons. The minimum Gasteiger partial charge on any atom is -0.342 e. The highest BCUT2D eigenvalue weighted by atomic mass is 16.1. The molecule has 6 heteroatoms. The minimum absolute atomic E-state index is 0.332. The van der Waals surface area contributed by atoms with Gasteiger partial charge >= 0.3 is 0 Å². The molecular formula is C8H17N5O. The number of piperazine rings is 1. The van der Waals surface area contributed by atoms with Crippen molar-refractivity contribution in [3.05, 3.63) is 0 Å². The van der Waals surface area contributed by atoms with E-state index in [-0.39, 0.29) is 0 Å². The van der Waals surface area contributed by atoms with Crippen molar-refractivity contribution < 1.29 is 4.79 Å². The van der Waals surface area contributed by atoms with E-state index in [2.05, 4.69) is 0 Å². The van der Waals surface area contributed by atoms with Gasteiger partial charge in [0.15, 0.2) is 0 Å². The highest BCUT2D eigenvalue weighted by Crippen LogP contribution is 2.01. The zero-order valence-corrected chi connectivity index (χ0v) is 8.44. The molecule has 1 aliphatic heterocycles. The predicted molar refractivity (Wildman–Crippen MR) is 53.5 cm³/mol. The van der Waals surface area contributed by atoms with Crippen molar-refractivity contribution in [2.75, 3.05) is 32.7 Å². The molecule has 0 unspecified atom stereocenters. The summed E-state index contributed by atoms with van der Waals surface area (Å²) in [5.74, 6) is 5.93. The van der Waals surface area contributed by atoms with Crippen molar-refractivity contribution in [1.29, 1.82) is 5.41 Å². The third-order valence-corrected chi connectivity index (χ3v) is 2.38. The molecule has 0 atom stereocenters. The molecule has 1 aliphatic rings. The Kier molecular flexibility index (Phi) is 3.70. The highest BCUT2D eigenvalue weighted by molar-refractivity contribution is 5.76. The van der Waals surface area contributed by atoms with Crippen LogP contribution in [0.25, 0.3) is 0 Å². The third kappa shape index (κ3) is 2.35. The summed E-state index contributed by atoms with van der Waals surface area (Å²) in [7, 11) is 0. The average Bonchev–Trinajstić information content (AvgIpc) is 2.27. The Hall–Kier alpha value is -1.30.